The van der Waals surface area contributed by atoms with Gasteiger partial charge in [-0.2, -0.15) is 4.31 Å². The number of carbonyl (C=O) groups excluding carboxylic acids is 1. The zero-order chi connectivity index (χ0) is 21.8. The molecule has 1 heterocycles. The first-order valence-corrected chi connectivity index (χ1v) is 11.9. The summed E-state index contributed by atoms with van der Waals surface area (Å²) in [6, 6.07) is 23.6. The fourth-order valence-corrected chi connectivity index (χ4v) is 5.48. The predicted molar refractivity (Wildman–Crippen MR) is 121 cm³/mol. The molecule has 31 heavy (non-hydrogen) atoms. The van der Waals surface area contributed by atoms with E-state index in [0.29, 0.717) is 19.4 Å². The summed E-state index contributed by atoms with van der Waals surface area (Å²) in [5.41, 5.74) is 4.06. The molecule has 1 amide bonds. The molecule has 1 aliphatic rings. The third-order valence-electron chi connectivity index (χ3n) is 5.69. The van der Waals surface area contributed by atoms with E-state index in [1.165, 1.54) is 4.31 Å². The molecular weight excluding hydrogens is 408 g/mol. The van der Waals surface area contributed by atoms with E-state index < -0.39 is 16.1 Å². The van der Waals surface area contributed by atoms with Crippen molar-refractivity contribution in [1.29, 1.82) is 0 Å². The van der Waals surface area contributed by atoms with Gasteiger partial charge in [-0.3, -0.25) is 4.79 Å². The Hall–Kier alpha value is -2.96. The van der Waals surface area contributed by atoms with E-state index in [4.69, 9.17) is 0 Å². The highest BCUT2D eigenvalue weighted by molar-refractivity contribution is 7.89. The van der Waals surface area contributed by atoms with Gasteiger partial charge in [0.15, 0.2) is 0 Å². The molecule has 4 rings (SSSR count). The first kappa shape index (κ1) is 21.3. The van der Waals surface area contributed by atoms with Gasteiger partial charge in [-0.1, -0.05) is 72.3 Å². The average Bonchev–Trinajstić information content (AvgIpc) is 2.79. The minimum absolute atomic E-state index is 0.184. The molecule has 5 nitrogen and oxygen atoms in total. The SMILES string of the molecule is Cc1ccc(S(=O)(=O)N2Cc3ccccc3CC2C(=O)NCCc2ccccc2)cc1. The minimum Gasteiger partial charge on any atom is -0.354 e. The number of hydrogen-bond acceptors (Lipinski definition) is 3. The van der Waals surface area contributed by atoms with Crippen LogP contribution < -0.4 is 5.32 Å². The molecule has 0 radical (unpaired) electrons. The minimum atomic E-state index is -3.82. The third-order valence-corrected chi connectivity index (χ3v) is 7.56. The highest BCUT2D eigenvalue weighted by Gasteiger charge is 2.39. The van der Waals surface area contributed by atoms with Gasteiger partial charge in [0.05, 0.1) is 4.90 Å². The molecule has 1 atom stereocenters. The molecule has 6 heteroatoms. The van der Waals surface area contributed by atoms with Gasteiger partial charge in [0, 0.05) is 13.1 Å². The number of sulfonamides is 1. The lowest BCUT2D eigenvalue weighted by Crippen LogP contribution is -2.52. The van der Waals surface area contributed by atoms with Gasteiger partial charge in [0.2, 0.25) is 15.9 Å². The lowest BCUT2D eigenvalue weighted by atomic mass is 9.95. The molecule has 1 N–H and O–H groups in total. The molecule has 0 bridgehead atoms. The molecule has 3 aromatic carbocycles. The van der Waals surface area contributed by atoms with Crippen LogP contribution in [0.5, 0.6) is 0 Å². The summed E-state index contributed by atoms with van der Waals surface area (Å²) in [6.45, 7) is 2.55. The van der Waals surface area contributed by atoms with Crippen LogP contribution in [-0.4, -0.2) is 31.2 Å². The zero-order valence-electron chi connectivity index (χ0n) is 17.5. The Balaban J connectivity index is 1.58. The maximum Gasteiger partial charge on any atom is 0.244 e. The number of fused-ring (bicyclic) bond motifs is 1. The molecule has 0 aliphatic carbocycles. The molecule has 1 unspecified atom stereocenters. The van der Waals surface area contributed by atoms with Crippen LogP contribution in [-0.2, 0) is 34.2 Å². The molecule has 3 aromatic rings. The summed E-state index contributed by atoms with van der Waals surface area (Å²) >= 11 is 0. The number of hydrogen-bond donors (Lipinski definition) is 1. The van der Waals surface area contributed by atoms with Crippen molar-refractivity contribution in [2.45, 2.75) is 37.2 Å². The topological polar surface area (TPSA) is 66.5 Å². The van der Waals surface area contributed by atoms with Crippen LogP contribution in [0.1, 0.15) is 22.3 Å². The maximum absolute atomic E-state index is 13.5. The first-order chi connectivity index (χ1) is 14.9. The molecule has 0 spiro atoms. The second-order valence-corrected chi connectivity index (χ2v) is 9.77. The molecule has 1 aliphatic heterocycles. The zero-order valence-corrected chi connectivity index (χ0v) is 18.3. The number of amides is 1. The second-order valence-electron chi connectivity index (χ2n) is 7.88. The first-order valence-electron chi connectivity index (χ1n) is 10.4. The lowest BCUT2D eigenvalue weighted by molar-refractivity contribution is -0.125. The third kappa shape index (κ3) is 4.70. The fraction of sp³-hybridized carbons (Fsp3) is 0.240. The van der Waals surface area contributed by atoms with Gasteiger partial charge in [-0.15, -0.1) is 0 Å². The van der Waals surface area contributed by atoms with Crippen LogP contribution in [0.3, 0.4) is 0 Å². The fourth-order valence-electron chi connectivity index (χ4n) is 3.91. The summed E-state index contributed by atoms with van der Waals surface area (Å²) < 4.78 is 28.3. The number of benzene rings is 3. The highest BCUT2D eigenvalue weighted by Crippen LogP contribution is 2.29. The van der Waals surface area contributed by atoms with Gasteiger partial charge in [0.25, 0.3) is 0 Å². The number of rotatable bonds is 6. The summed E-state index contributed by atoms with van der Waals surface area (Å²) in [5.74, 6) is -0.263. The van der Waals surface area contributed by atoms with E-state index in [1.807, 2.05) is 61.5 Å². The Labute approximate surface area is 183 Å². The molecular formula is C25H26N2O3S. The largest absolute Gasteiger partial charge is 0.354 e. The van der Waals surface area contributed by atoms with E-state index in [0.717, 1.165) is 22.3 Å². The molecule has 0 aromatic heterocycles. The average molecular weight is 435 g/mol. The van der Waals surface area contributed by atoms with Crippen LogP contribution in [0, 0.1) is 6.92 Å². The number of aryl methyl sites for hydroxylation is 1. The molecule has 0 saturated heterocycles. The smallest absolute Gasteiger partial charge is 0.244 e. The summed E-state index contributed by atoms with van der Waals surface area (Å²) in [5, 5.41) is 2.95. The van der Waals surface area contributed by atoms with Crippen molar-refractivity contribution in [3.05, 3.63) is 101 Å². The standard InChI is InChI=1S/C25H26N2O3S/c1-19-11-13-23(14-12-19)31(29,30)27-18-22-10-6-5-9-21(22)17-24(27)25(28)26-16-15-20-7-3-2-4-8-20/h2-14,24H,15-18H2,1H3,(H,26,28). The Morgan fingerprint density at radius 2 is 1.58 bits per heavy atom. The maximum atomic E-state index is 13.5. The van der Waals surface area contributed by atoms with E-state index in [1.54, 1.807) is 24.3 Å². The summed E-state index contributed by atoms with van der Waals surface area (Å²) in [6.07, 6.45) is 1.05. The van der Waals surface area contributed by atoms with Crippen molar-refractivity contribution >= 4 is 15.9 Å². The van der Waals surface area contributed by atoms with Crippen molar-refractivity contribution in [3.8, 4) is 0 Å². The Morgan fingerprint density at radius 1 is 0.935 bits per heavy atom. The van der Waals surface area contributed by atoms with Crippen LogP contribution in [0.2, 0.25) is 0 Å². The Kier molecular flexibility index (Phi) is 6.20. The van der Waals surface area contributed by atoms with E-state index in [-0.39, 0.29) is 17.3 Å². The second kappa shape index (κ2) is 9.04. The van der Waals surface area contributed by atoms with Crippen LogP contribution in [0.25, 0.3) is 0 Å². The Morgan fingerprint density at radius 3 is 2.29 bits per heavy atom. The molecule has 0 fully saturated rings. The van der Waals surface area contributed by atoms with Crippen molar-refractivity contribution in [2.24, 2.45) is 0 Å². The number of nitrogens with one attached hydrogen (secondary N) is 1. The van der Waals surface area contributed by atoms with Gasteiger partial charge in [-0.25, -0.2) is 8.42 Å². The van der Waals surface area contributed by atoms with Gasteiger partial charge in [-0.05, 0) is 48.6 Å². The van der Waals surface area contributed by atoms with Gasteiger partial charge >= 0.3 is 0 Å². The molecule has 0 saturated carbocycles. The summed E-state index contributed by atoms with van der Waals surface area (Å²) in [4.78, 5) is 13.3. The summed E-state index contributed by atoms with van der Waals surface area (Å²) in [7, 11) is -3.82. The van der Waals surface area contributed by atoms with Crippen molar-refractivity contribution in [1.82, 2.24) is 9.62 Å². The number of carbonyl (C=O) groups is 1. The van der Waals surface area contributed by atoms with Gasteiger partial charge in [0.1, 0.15) is 6.04 Å². The predicted octanol–water partition coefficient (Wildman–Crippen LogP) is 3.47. The molecule has 160 valence electrons. The monoisotopic (exact) mass is 434 g/mol. The highest BCUT2D eigenvalue weighted by atomic mass is 32.2. The quantitative estimate of drug-likeness (QED) is 0.646. The van der Waals surface area contributed by atoms with Crippen molar-refractivity contribution in [2.75, 3.05) is 6.54 Å². The van der Waals surface area contributed by atoms with Gasteiger partial charge < -0.3 is 5.32 Å². The van der Waals surface area contributed by atoms with Crippen molar-refractivity contribution in [3.63, 3.8) is 0 Å². The van der Waals surface area contributed by atoms with Crippen LogP contribution in [0.4, 0.5) is 0 Å². The van der Waals surface area contributed by atoms with Crippen molar-refractivity contribution < 1.29 is 13.2 Å². The normalized spacial score (nSPS) is 16.5. The Bertz CT molecular complexity index is 1160. The lowest BCUT2D eigenvalue weighted by Gasteiger charge is -2.35. The van der Waals surface area contributed by atoms with E-state index >= 15 is 0 Å². The van der Waals surface area contributed by atoms with E-state index in [2.05, 4.69) is 5.32 Å². The van der Waals surface area contributed by atoms with Crippen LogP contribution >= 0.6 is 0 Å². The van der Waals surface area contributed by atoms with E-state index in [9.17, 15) is 13.2 Å². The van der Waals surface area contributed by atoms with Crippen LogP contribution in [0.15, 0.2) is 83.8 Å². The number of nitrogens with zero attached hydrogens (tertiary/aromatic N) is 1.